The molecule has 1 atom stereocenters. The van der Waals surface area contributed by atoms with E-state index < -0.39 is 35.3 Å². The Bertz CT molecular complexity index is 690. The van der Waals surface area contributed by atoms with Crippen LogP contribution < -0.4 is 10.1 Å². The van der Waals surface area contributed by atoms with Crippen LogP contribution >= 0.6 is 0 Å². The number of carbonyl (C=O) groups is 2. The number of anilines is 1. The topological polar surface area (TPSA) is 58.6 Å². The fraction of sp³-hybridized carbons (Fsp3) is 0.333. The van der Waals surface area contributed by atoms with E-state index in [9.17, 15) is 27.2 Å². The molecule has 2 rings (SSSR count). The van der Waals surface area contributed by atoms with Crippen LogP contribution in [-0.2, 0) is 9.59 Å². The predicted molar refractivity (Wildman–Crippen MR) is 76.6 cm³/mol. The molecule has 1 heterocycles. The third-order valence-electron chi connectivity index (χ3n) is 3.76. The van der Waals surface area contributed by atoms with E-state index in [0.29, 0.717) is 19.0 Å². The second-order valence-corrected chi connectivity index (χ2v) is 5.36. The molecule has 0 spiro atoms. The zero-order chi connectivity index (χ0) is 18.1. The van der Waals surface area contributed by atoms with E-state index in [0.717, 1.165) is 18.2 Å². The minimum Gasteiger partial charge on any atom is -0.403 e. The number of hydrogen-bond donors (Lipinski definition) is 1. The molecule has 0 aromatic heterocycles. The van der Waals surface area contributed by atoms with Crippen molar-refractivity contribution >= 4 is 17.5 Å². The maximum Gasteiger partial charge on any atom is 0.573 e. The van der Waals surface area contributed by atoms with Crippen LogP contribution in [0.1, 0.15) is 13.3 Å². The molecule has 1 N–H and O–H groups in total. The Morgan fingerprint density at radius 2 is 2.08 bits per heavy atom. The molecule has 5 nitrogen and oxygen atoms in total. The van der Waals surface area contributed by atoms with E-state index in [1.54, 1.807) is 0 Å². The van der Waals surface area contributed by atoms with Gasteiger partial charge in [-0.2, -0.15) is 0 Å². The fourth-order valence-electron chi connectivity index (χ4n) is 2.31. The van der Waals surface area contributed by atoms with Crippen LogP contribution in [0.25, 0.3) is 0 Å². The average Bonchev–Trinajstić information content (AvgIpc) is 2.46. The second-order valence-electron chi connectivity index (χ2n) is 5.36. The number of nitrogens with zero attached hydrogens (tertiary/aromatic N) is 1. The summed E-state index contributed by atoms with van der Waals surface area (Å²) in [5.41, 5.74) is -1.17. The standard InChI is InChI=1S/C15H14F4N2O3/c1-3-12(22)21-7-6-14(21,2)13(23)20-9-4-5-11(10(16)8-9)24-15(17,18)19/h3-5,8H,1,6-7H2,2H3,(H,20,23). The summed E-state index contributed by atoms with van der Waals surface area (Å²) in [6.45, 7) is 5.25. The lowest BCUT2D eigenvalue weighted by atomic mass is 9.85. The lowest BCUT2D eigenvalue weighted by Gasteiger charge is -2.48. The van der Waals surface area contributed by atoms with E-state index in [1.807, 2.05) is 0 Å². The molecule has 1 aliphatic heterocycles. The Morgan fingerprint density at radius 3 is 2.54 bits per heavy atom. The molecule has 0 bridgehead atoms. The maximum absolute atomic E-state index is 13.6. The summed E-state index contributed by atoms with van der Waals surface area (Å²) in [5, 5.41) is 2.38. The van der Waals surface area contributed by atoms with E-state index in [4.69, 9.17) is 0 Å². The molecule has 2 amide bonds. The summed E-state index contributed by atoms with van der Waals surface area (Å²) in [6, 6.07) is 2.54. The number of carbonyl (C=O) groups excluding carboxylic acids is 2. The summed E-state index contributed by atoms with van der Waals surface area (Å²) in [6.07, 6.45) is -3.54. The number of amides is 2. The average molecular weight is 346 g/mol. The number of nitrogens with one attached hydrogen (secondary N) is 1. The molecule has 24 heavy (non-hydrogen) atoms. The van der Waals surface area contributed by atoms with E-state index >= 15 is 0 Å². The minimum atomic E-state index is -5.02. The molecule has 130 valence electrons. The molecule has 1 aliphatic rings. The maximum atomic E-state index is 13.6. The van der Waals surface area contributed by atoms with Gasteiger partial charge in [-0.3, -0.25) is 9.59 Å². The smallest absolute Gasteiger partial charge is 0.403 e. The summed E-state index contributed by atoms with van der Waals surface area (Å²) in [4.78, 5) is 25.2. The Morgan fingerprint density at radius 1 is 1.42 bits per heavy atom. The van der Waals surface area contributed by atoms with Gasteiger partial charge in [0.25, 0.3) is 0 Å². The van der Waals surface area contributed by atoms with Crippen LogP contribution in [0, 0.1) is 5.82 Å². The molecule has 0 aliphatic carbocycles. The predicted octanol–water partition coefficient (Wildman–Crippen LogP) is 2.84. The van der Waals surface area contributed by atoms with Gasteiger partial charge in [0.2, 0.25) is 11.8 Å². The summed E-state index contributed by atoms with van der Waals surface area (Å²) < 4.78 is 53.4. The third-order valence-corrected chi connectivity index (χ3v) is 3.76. The number of alkyl halides is 3. The highest BCUT2D eigenvalue weighted by Crippen LogP contribution is 2.33. The molecule has 0 saturated carbocycles. The number of rotatable bonds is 4. The van der Waals surface area contributed by atoms with E-state index in [2.05, 4.69) is 16.6 Å². The second kappa shape index (κ2) is 6.14. The Hall–Kier alpha value is -2.58. The van der Waals surface area contributed by atoms with Crippen molar-refractivity contribution in [1.29, 1.82) is 0 Å². The van der Waals surface area contributed by atoms with Crippen LogP contribution in [0.2, 0.25) is 0 Å². The van der Waals surface area contributed by atoms with Crippen molar-refractivity contribution in [2.45, 2.75) is 25.2 Å². The zero-order valence-electron chi connectivity index (χ0n) is 12.6. The molecule has 1 saturated heterocycles. The Balaban J connectivity index is 2.11. The highest BCUT2D eigenvalue weighted by Gasteiger charge is 2.48. The van der Waals surface area contributed by atoms with Crippen LogP contribution in [0.15, 0.2) is 30.9 Å². The first-order valence-electron chi connectivity index (χ1n) is 6.87. The highest BCUT2D eigenvalue weighted by atomic mass is 19.4. The van der Waals surface area contributed by atoms with Gasteiger partial charge in [-0.15, -0.1) is 13.2 Å². The van der Waals surface area contributed by atoms with Gasteiger partial charge < -0.3 is 15.0 Å². The molecule has 1 unspecified atom stereocenters. The van der Waals surface area contributed by atoms with Crippen LogP contribution in [0.5, 0.6) is 5.75 Å². The van der Waals surface area contributed by atoms with Crippen molar-refractivity contribution in [3.05, 3.63) is 36.7 Å². The number of hydrogen-bond acceptors (Lipinski definition) is 3. The van der Waals surface area contributed by atoms with Crippen molar-refractivity contribution in [1.82, 2.24) is 4.90 Å². The third kappa shape index (κ3) is 3.50. The van der Waals surface area contributed by atoms with E-state index in [-0.39, 0.29) is 5.69 Å². The first kappa shape index (κ1) is 17.8. The van der Waals surface area contributed by atoms with Crippen molar-refractivity contribution < 1.29 is 31.9 Å². The lowest BCUT2D eigenvalue weighted by Crippen LogP contribution is -2.65. The minimum absolute atomic E-state index is 0.0499. The van der Waals surface area contributed by atoms with Crippen molar-refractivity contribution in [3.63, 3.8) is 0 Å². The number of likely N-dealkylation sites (tertiary alicyclic amines) is 1. The monoisotopic (exact) mass is 346 g/mol. The van der Waals surface area contributed by atoms with Crippen molar-refractivity contribution in [2.75, 3.05) is 11.9 Å². The Kier molecular flexibility index (Phi) is 4.54. The summed E-state index contributed by atoms with van der Waals surface area (Å²) in [5.74, 6) is -3.27. The fourth-order valence-corrected chi connectivity index (χ4v) is 2.31. The number of benzene rings is 1. The largest absolute Gasteiger partial charge is 0.573 e. The molecule has 1 aromatic carbocycles. The first-order valence-corrected chi connectivity index (χ1v) is 6.87. The van der Waals surface area contributed by atoms with Gasteiger partial charge in [0.15, 0.2) is 11.6 Å². The normalized spacial score (nSPS) is 20.1. The van der Waals surface area contributed by atoms with Gasteiger partial charge in [0.1, 0.15) is 5.54 Å². The first-order chi connectivity index (χ1) is 11.1. The quantitative estimate of drug-likeness (QED) is 0.674. The van der Waals surface area contributed by atoms with Gasteiger partial charge in [0.05, 0.1) is 0 Å². The number of halogens is 4. The zero-order valence-corrected chi connectivity index (χ0v) is 12.6. The van der Waals surface area contributed by atoms with Crippen molar-refractivity contribution in [3.8, 4) is 5.75 Å². The van der Waals surface area contributed by atoms with Crippen LogP contribution in [0.3, 0.4) is 0 Å². The van der Waals surface area contributed by atoms with Crippen molar-refractivity contribution in [2.24, 2.45) is 0 Å². The van der Waals surface area contributed by atoms with Gasteiger partial charge in [0, 0.05) is 18.3 Å². The molecule has 1 fully saturated rings. The molecule has 0 radical (unpaired) electrons. The highest BCUT2D eigenvalue weighted by molar-refractivity contribution is 6.02. The summed E-state index contributed by atoms with van der Waals surface area (Å²) in [7, 11) is 0. The number of ether oxygens (including phenoxy) is 1. The summed E-state index contributed by atoms with van der Waals surface area (Å²) >= 11 is 0. The van der Waals surface area contributed by atoms with Gasteiger partial charge in [-0.25, -0.2) is 4.39 Å². The van der Waals surface area contributed by atoms with Gasteiger partial charge in [-0.1, -0.05) is 6.58 Å². The van der Waals surface area contributed by atoms with Gasteiger partial charge >= 0.3 is 6.36 Å². The van der Waals surface area contributed by atoms with Crippen LogP contribution in [-0.4, -0.2) is 35.2 Å². The molecule has 1 aromatic rings. The molecule has 9 heteroatoms. The molecular formula is C15H14F4N2O3. The van der Waals surface area contributed by atoms with E-state index in [1.165, 1.54) is 11.8 Å². The van der Waals surface area contributed by atoms with Gasteiger partial charge in [-0.05, 0) is 31.6 Å². The van der Waals surface area contributed by atoms with Crippen LogP contribution in [0.4, 0.5) is 23.2 Å². The SMILES string of the molecule is C=CC(=O)N1CCC1(C)C(=O)Nc1ccc(OC(F)(F)F)c(F)c1. The molecular weight excluding hydrogens is 332 g/mol. The lowest BCUT2D eigenvalue weighted by molar-refractivity contribution is -0.275. The Labute approximate surface area is 134 Å².